The molecule has 2 rings (SSSR count). The van der Waals surface area contributed by atoms with E-state index in [2.05, 4.69) is 0 Å². The fraction of sp³-hybridized carbons (Fsp3) is 0.200. The minimum absolute atomic E-state index is 0.104. The summed E-state index contributed by atoms with van der Waals surface area (Å²) in [5.41, 5.74) is 6.27. The van der Waals surface area contributed by atoms with Gasteiger partial charge in [-0.05, 0) is 23.3 Å². The predicted molar refractivity (Wildman–Crippen MR) is 75.3 cm³/mol. The fourth-order valence-corrected chi connectivity index (χ4v) is 2.80. The fourth-order valence-electron chi connectivity index (χ4n) is 1.79. The zero-order valence-corrected chi connectivity index (χ0v) is 11.5. The minimum atomic E-state index is -4.36. The molecule has 0 aliphatic heterocycles. The average molecular weight is 297 g/mol. The van der Waals surface area contributed by atoms with Crippen molar-refractivity contribution in [3.63, 3.8) is 0 Å². The highest BCUT2D eigenvalue weighted by atomic mass is 32.2. The lowest BCUT2D eigenvalue weighted by Crippen LogP contribution is -2.09. The summed E-state index contributed by atoms with van der Waals surface area (Å²) in [6.07, 6.45) is -4.36. The molecule has 0 saturated carbocycles. The van der Waals surface area contributed by atoms with Gasteiger partial charge in [0.25, 0.3) is 0 Å². The minimum Gasteiger partial charge on any atom is -0.326 e. The molecule has 0 aliphatic rings. The van der Waals surface area contributed by atoms with E-state index < -0.39 is 11.7 Å². The van der Waals surface area contributed by atoms with Crippen molar-refractivity contribution in [2.24, 2.45) is 5.73 Å². The van der Waals surface area contributed by atoms with Gasteiger partial charge < -0.3 is 5.73 Å². The first kappa shape index (κ1) is 14.9. The molecule has 0 aliphatic carbocycles. The number of rotatable bonds is 4. The normalized spacial score (nSPS) is 11.6. The first-order valence-corrected chi connectivity index (χ1v) is 7.06. The molecule has 5 heteroatoms. The third-order valence-corrected chi connectivity index (χ3v) is 3.97. The Morgan fingerprint density at radius 1 is 0.950 bits per heavy atom. The smallest absolute Gasteiger partial charge is 0.326 e. The SMILES string of the molecule is NCc1ccc(SCc2ccccc2)c(C(F)(F)F)c1. The highest BCUT2D eigenvalue weighted by molar-refractivity contribution is 7.98. The van der Waals surface area contributed by atoms with Crippen LogP contribution in [0.4, 0.5) is 13.2 Å². The molecule has 0 heterocycles. The second-order valence-electron chi connectivity index (χ2n) is 4.31. The Morgan fingerprint density at radius 3 is 2.25 bits per heavy atom. The predicted octanol–water partition coefficient (Wildman–Crippen LogP) is 4.46. The first-order chi connectivity index (χ1) is 9.50. The topological polar surface area (TPSA) is 26.0 Å². The third kappa shape index (κ3) is 3.77. The number of thioether (sulfide) groups is 1. The second kappa shape index (κ2) is 6.33. The van der Waals surface area contributed by atoms with E-state index in [9.17, 15) is 13.2 Å². The van der Waals surface area contributed by atoms with Crippen LogP contribution in [0.25, 0.3) is 0 Å². The maximum atomic E-state index is 13.0. The Morgan fingerprint density at radius 2 is 1.65 bits per heavy atom. The molecule has 2 aromatic rings. The van der Waals surface area contributed by atoms with Crippen molar-refractivity contribution in [2.75, 3.05) is 0 Å². The van der Waals surface area contributed by atoms with Crippen LogP contribution in [-0.2, 0) is 18.5 Å². The summed E-state index contributed by atoms with van der Waals surface area (Å²) < 4.78 is 39.1. The van der Waals surface area contributed by atoms with Gasteiger partial charge in [-0.2, -0.15) is 13.2 Å². The maximum absolute atomic E-state index is 13.0. The summed E-state index contributed by atoms with van der Waals surface area (Å²) in [6, 6.07) is 13.7. The lowest BCUT2D eigenvalue weighted by molar-refractivity contribution is -0.139. The highest BCUT2D eigenvalue weighted by Gasteiger charge is 2.33. The number of hydrogen-bond donors (Lipinski definition) is 1. The molecule has 1 nitrogen and oxygen atoms in total. The summed E-state index contributed by atoms with van der Waals surface area (Å²) in [5, 5.41) is 0. The number of hydrogen-bond acceptors (Lipinski definition) is 2. The van der Waals surface area contributed by atoms with Gasteiger partial charge in [0.05, 0.1) is 5.56 Å². The van der Waals surface area contributed by atoms with Crippen molar-refractivity contribution in [1.29, 1.82) is 0 Å². The summed E-state index contributed by atoms with van der Waals surface area (Å²) in [4.78, 5) is 0.235. The number of nitrogens with two attached hydrogens (primary N) is 1. The third-order valence-electron chi connectivity index (χ3n) is 2.82. The Hall–Kier alpha value is -1.46. The summed E-state index contributed by atoms with van der Waals surface area (Å²) >= 11 is 1.19. The Bertz CT molecular complexity index is 567. The lowest BCUT2D eigenvalue weighted by Gasteiger charge is -2.14. The molecule has 0 saturated heterocycles. The van der Waals surface area contributed by atoms with Gasteiger partial charge in [-0.25, -0.2) is 0 Å². The van der Waals surface area contributed by atoms with Crippen molar-refractivity contribution in [3.8, 4) is 0 Å². The average Bonchev–Trinajstić information content (AvgIpc) is 2.45. The van der Waals surface area contributed by atoms with Gasteiger partial charge in [0.2, 0.25) is 0 Å². The number of benzene rings is 2. The van der Waals surface area contributed by atoms with Gasteiger partial charge in [-0.1, -0.05) is 36.4 Å². The van der Waals surface area contributed by atoms with Crippen molar-refractivity contribution in [1.82, 2.24) is 0 Å². The Labute approximate surface area is 120 Å². The van der Waals surface area contributed by atoms with E-state index in [4.69, 9.17) is 5.73 Å². The van der Waals surface area contributed by atoms with Crippen molar-refractivity contribution in [2.45, 2.75) is 23.4 Å². The van der Waals surface area contributed by atoms with Crippen molar-refractivity contribution >= 4 is 11.8 Å². The molecule has 0 fully saturated rings. The van der Waals surface area contributed by atoms with E-state index in [0.717, 1.165) is 11.6 Å². The van der Waals surface area contributed by atoms with Crippen LogP contribution in [-0.4, -0.2) is 0 Å². The Balaban J connectivity index is 2.23. The van der Waals surface area contributed by atoms with E-state index in [1.165, 1.54) is 17.8 Å². The molecule has 0 unspecified atom stereocenters. The van der Waals surface area contributed by atoms with E-state index in [1.54, 1.807) is 6.07 Å². The van der Waals surface area contributed by atoms with Crippen LogP contribution in [0, 0.1) is 0 Å². The van der Waals surface area contributed by atoms with E-state index in [0.29, 0.717) is 11.3 Å². The van der Waals surface area contributed by atoms with Gasteiger partial charge in [0.15, 0.2) is 0 Å². The van der Waals surface area contributed by atoms with Crippen LogP contribution in [0.1, 0.15) is 16.7 Å². The summed E-state index contributed by atoms with van der Waals surface area (Å²) in [6.45, 7) is 0.104. The highest BCUT2D eigenvalue weighted by Crippen LogP contribution is 2.38. The number of alkyl halides is 3. The molecule has 20 heavy (non-hydrogen) atoms. The zero-order chi connectivity index (χ0) is 14.6. The van der Waals surface area contributed by atoms with Gasteiger partial charge in [-0.3, -0.25) is 0 Å². The van der Waals surface area contributed by atoms with Gasteiger partial charge in [0, 0.05) is 17.2 Å². The molecule has 0 amide bonds. The monoisotopic (exact) mass is 297 g/mol. The molecular formula is C15H14F3NS. The molecule has 0 aromatic heterocycles. The number of halogens is 3. The van der Waals surface area contributed by atoms with Crippen molar-refractivity contribution < 1.29 is 13.2 Å². The van der Waals surface area contributed by atoms with Crippen LogP contribution in [0.15, 0.2) is 53.4 Å². The summed E-state index contributed by atoms with van der Waals surface area (Å²) in [7, 11) is 0. The first-order valence-electron chi connectivity index (χ1n) is 6.07. The molecule has 0 bridgehead atoms. The largest absolute Gasteiger partial charge is 0.417 e. The second-order valence-corrected chi connectivity index (χ2v) is 5.32. The van der Waals surface area contributed by atoms with Crippen LogP contribution in [0.5, 0.6) is 0 Å². The van der Waals surface area contributed by atoms with Crippen molar-refractivity contribution in [3.05, 3.63) is 65.2 Å². The molecule has 2 aromatic carbocycles. The van der Waals surface area contributed by atoms with Gasteiger partial charge >= 0.3 is 6.18 Å². The van der Waals surface area contributed by atoms with Crippen LogP contribution >= 0.6 is 11.8 Å². The molecule has 2 N–H and O–H groups in total. The van der Waals surface area contributed by atoms with E-state index in [-0.39, 0.29) is 11.4 Å². The van der Waals surface area contributed by atoms with Crippen LogP contribution in [0.3, 0.4) is 0 Å². The summed E-state index contributed by atoms with van der Waals surface area (Å²) in [5.74, 6) is 0.506. The van der Waals surface area contributed by atoms with E-state index in [1.807, 2.05) is 30.3 Å². The molecular weight excluding hydrogens is 283 g/mol. The standard InChI is InChI=1S/C15H14F3NS/c16-15(17,18)13-8-12(9-19)6-7-14(13)20-10-11-4-2-1-3-5-11/h1-8H,9-10,19H2. The molecule has 0 radical (unpaired) electrons. The van der Waals surface area contributed by atoms with E-state index >= 15 is 0 Å². The van der Waals surface area contributed by atoms with Gasteiger partial charge in [-0.15, -0.1) is 11.8 Å². The van der Waals surface area contributed by atoms with Gasteiger partial charge in [0.1, 0.15) is 0 Å². The molecule has 0 atom stereocenters. The van der Waals surface area contributed by atoms with Crippen LogP contribution < -0.4 is 5.73 Å². The molecule has 0 spiro atoms. The Kier molecular flexibility index (Phi) is 4.73. The quantitative estimate of drug-likeness (QED) is 0.843. The van der Waals surface area contributed by atoms with Crippen LogP contribution in [0.2, 0.25) is 0 Å². The maximum Gasteiger partial charge on any atom is 0.417 e. The zero-order valence-electron chi connectivity index (χ0n) is 10.7. The lowest BCUT2D eigenvalue weighted by atomic mass is 10.1. The molecule has 106 valence electrons.